The van der Waals surface area contributed by atoms with Crippen LogP contribution >= 0.6 is 0 Å². The summed E-state index contributed by atoms with van der Waals surface area (Å²) in [6, 6.07) is 9.00. The van der Waals surface area contributed by atoms with Crippen molar-refractivity contribution in [3.63, 3.8) is 0 Å². The molecule has 3 N–H and O–H groups in total. The Balaban J connectivity index is 1.24. The van der Waals surface area contributed by atoms with Crippen molar-refractivity contribution in [1.29, 1.82) is 0 Å². The highest BCUT2D eigenvalue weighted by Crippen LogP contribution is 2.83. The van der Waals surface area contributed by atoms with Crippen LogP contribution in [0.1, 0.15) is 46.1 Å². The minimum atomic E-state index is -2.86. The maximum Gasteiger partial charge on any atom is 0.366 e. The van der Waals surface area contributed by atoms with Gasteiger partial charge in [-0.1, -0.05) is 43.3 Å². The average Bonchev–Trinajstić information content (AvgIpc) is 3.59. The standard InChI is InChI=1S/C42H48O16/c1-7-21(2)31(45)56-24-18-25(55-27(43)14-13-22-11-9-8-10-12-22)39(33(46)50-5)19-53-28-29(39)38(24)20-54-41(49,34(47)51-6)32(38)36(3,30(28)44)42-26-17-23(37(42,4)58-42)40(48)15-16-52-35(40)57-26/h7-16,23-26,28-30,32,35,44,48-49H,17-20H2,1-6H3/b14-13+,21-7+/t23-,24+,25-,26+,28-,29-,30-,32+,35+,36-,37+,38-,39+,40+,41-,42-/m1/s1. The maximum atomic E-state index is 14.5. The first-order valence-corrected chi connectivity index (χ1v) is 19.5. The van der Waals surface area contributed by atoms with Crippen molar-refractivity contribution in [2.24, 2.45) is 34.0 Å². The van der Waals surface area contributed by atoms with E-state index in [9.17, 15) is 34.5 Å². The number of epoxide rings is 1. The Morgan fingerprint density at radius 3 is 2.36 bits per heavy atom. The Morgan fingerprint density at radius 2 is 1.67 bits per heavy atom. The molecule has 5 aliphatic heterocycles. The van der Waals surface area contributed by atoms with E-state index in [2.05, 4.69) is 0 Å². The van der Waals surface area contributed by atoms with Crippen molar-refractivity contribution in [2.45, 2.75) is 99.9 Å². The lowest BCUT2D eigenvalue weighted by Gasteiger charge is -2.65. The number of aliphatic hydroxyl groups excluding tert-OH is 1. The second-order valence-corrected chi connectivity index (χ2v) is 17.3. The van der Waals surface area contributed by atoms with Crippen LogP contribution in [-0.2, 0) is 61.8 Å². The molecule has 16 nitrogen and oxygen atoms in total. The third-order valence-electron chi connectivity index (χ3n) is 15.3. The van der Waals surface area contributed by atoms with Crippen molar-refractivity contribution in [1.82, 2.24) is 0 Å². The molecular weight excluding hydrogens is 760 g/mol. The Labute approximate surface area is 334 Å². The number of allylic oxidation sites excluding steroid dienone is 1. The van der Waals surface area contributed by atoms with Crippen molar-refractivity contribution in [2.75, 3.05) is 27.4 Å². The molecule has 0 amide bonds. The van der Waals surface area contributed by atoms with Crippen LogP contribution in [0.2, 0.25) is 0 Å². The molecule has 1 spiro atoms. The number of methoxy groups -OCH3 is 2. The van der Waals surface area contributed by atoms with E-state index < -0.39 is 130 Å². The minimum absolute atomic E-state index is 0.222. The smallest absolute Gasteiger partial charge is 0.366 e. The van der Waals surface area contributed by atoms with Crippen molar-refractivity contribution in [3.05, 3.63) is 66.0 Å². The molecule has 16 heteroatoms. The summed E-state index contributed by atoms with van der Waals surface area (Å²) in [7, 11) is 2.24. The Hall–Kier alpha value is -4.16. The van der Waals surface area contributed by atoms with Gasteiger partial charge in [-0.3, -0.25) is 4.79 Å². The van der Waals surface area contributed by atoms with Gasteiger partial charge in [-0.15, -0.1) is 0 Å². The second kappa shape index (κ2) is 12.7. The van der Waals surface area contributed by atoms with Crippen LogP contribution in [0, 0.1) is 34.0 Å². The molecule has 0 radical (unpaired) electrons. The van der Waals surface area contributed by atoms with Gasteiger partial charge in [-0.2, -0.15) is 0 Å². The molecule has 7 fully saturated rings. The van der Waals surface area contributed by atoms with E-state index in [-0.39, 0.29) is 18.4 Å². The SMILES string of the molecule is C/C=C(\C)C(=O)O[C@H]1C[C@@H](OC(=O)/C=C/c2ccccc2)[C@@]2(C(=O)OC)CO[C@H]3[C@@H](O)[C@@](C)([C@@]45O[C@@]4(C)[C@H]4C[C@@H]5O[C@@H]5OC=C[C@@]54O)[C@H]4[C@@]1(CO[C@@]4(O)C(=O)OC)[C@@H]32. The number of rotatable bonds is 8. The predicted octanol–water partition coefficient (Wildman–Crippen LogP) is 1.49. The van der Waals surface area contributed by atoms with Crippen LogP contribution in [0.5, 0.6) is 0 Å². The molecule has 5 heterocycles. The van der Waals surface area contributed by atoms with E-state index in [0.29, 0.717) is 5.56 Å². The molecule has 58 heavy (non-hydrogen) atoms. The number of hydrogen-bond donors (Lipinski definition) is 3. The van der Waals surface area contributed by atoms with E-state index in [4.69, 9.17) is 42.6 Å². The number of hydrogen-bond acceptors (Lipinski definition) is 16. The minimum Gasteiger partial charge on any atom is -0.469 e. The molecule has 0 unspecified atom stereocenters. The van der Waals surface area contributed by atoms with E-state index in [1.807, 2.05) is 6.07 Å². The molecule has 4 saturated heterocycles. The number of ether oxygens (including phenoxy) is 9. The van der Waals surface area contributed by atoms with Crippen LogP contribution in [0.25, 0.3) is 6.08 Å². The number of aliphatic hydroxyl groups is 3. The number of carbonyl (C=O) groups excluding carboxylic acids is 4. The highest BCUT2D eigenvalue weighted by molar-refractivity contribution is 5.89. The molecule has 8 aliphatic rings. The van der Waals surface area contributed by atoms with Gasteiger partial charge in [0.2, 0.25) is 6.29 Å². The molecule has 16 atom stereocenters. The largest absolute Gasteiger partial charge is 0.469 e. The fourth-order valence-electron chi connectivity index (χ4n) is 12.9. The predicted molar refractivity (Wildman–Crippen MR) is 194 cm³/mol. The molecular formula is C42H48O16. The van der Waals surface area contributed by atoms with Crippen LogP contribution in [0.4, 0.5) is 0 Å². The zero-order valence-electron chi connectivity index (χ0n) is 32.9. The summed E-state index contributed by atoms with van der Waals surface area (Å²) in [6.45, 7) is 5.66. The van der Waals surface area contributed by atoms with Gasteiger partial charge in [0, 0.05) is 46.7 Å². The Kier molecular flexibility index (Phi) is 8.59. The molecule has 3 aliphatic carbocycles. The van der Waals surface area contributed by atoms with E-state index in [1.165, 1.54) is 25.5 Å². The van der Waals surface area contributed by atoms with Crippen LogP contribution in [0.3, 0.4) is 0 Å². The third kappa shape index (κ3) is 4.49. The summed E-state index contributed by atoms with van der Waals surface area (Å²) >= 11 is 0. The first kappa shape index (κ1) is 39.3. The third-order valence-corrected chi connectivity index (χ3v) is 15.3. The number of fused-ring (bicyclic) bond motifs is 7. The summed E-state index contributed by atoms with van der Waals surface area (Å²) < 4.78 is 54.9. The first-order valence-electron chi connectivity index (χ1n) is 19.5. The molecule has 312 valence electrons. The molecule has 3 saturated carbocycles. The lowest BCUT2D eigenvalue weighted by atomic mass is 9.37. The molecule has 9 rings (SSSR count). The van der Waals surface area contributed by atoms with Crippen LogP contribution in [-0.4, -0.2) is 126 Å². The summed E-state index contributed by atoms with van der Waals surface area (Å²) in [5.74, 6) is -10.0. The summed E-state index contributed by atoms with van der Waals surface area (Å²) in [6.07, 6.45) is -0.678. The van der Waals surface area contributed by atoms with E-state index in [0.717, 1.165) is 7.11 Å². The molecule has 1 aromatic rings. The Bertz CT molecular complexity index is 2030. The van der Waals surface area contributed by atoms with Gasteiger partial charge in [-0.25, -0.2) is 14.4 Å². The van der Waals surface area contributed by atoms with Gasteiger partial charge < -0.3 is 58.0 Å². The monoisotopic (exact) mass is 808 g/mol. The van der Waals surface area contributed by atoms with Gasteiger partial charge in [0.1, 0.15) is 28.8 Å². The highest BCUT2D eigenvalue weighted by atomic mass is 16.7. The average molecular weight is 809 g/mol. The molecule has 0 aromatic heterocycles. The summed E-state index contributed by atoms with van der Waals surface area (Å²) in [4.78, 5) is 56.3. The fraction of sp³-hybridized carbons (Fsp3) is 0.619. The first-order chi connectivity index (χ1) is 27.5. The van der Waals surface area contributed by atoms with E-state index in [1.54, 1.807) is 64.1 Å². The lowest BCUT2D eigenvalue weighted by Crippen LogP contribution is -2.79. The number of benzene rings is 1. The summed E-state index contributed by atoms with van der Waals surface area (Å²) in [5.41, 5.74) is -9.01. The lowest BCUT2D eigenvalue weighted by molar-refractivity contribution is -0.314. The zero-order valence-corrected chi connectivity index (χ0v) is 32.9. The van der Waals surface area contributed by atoms with Gasteiger partial charge >= 0.3 is 23.9 Å². The Morgan fingerprint density at radius 1 is 0.948 bits per heavy atom. The van der Waals surface area contributed by atoms with Crippen molar-refractivity contribution < 1.29 is 77.1 Å². The topological polar surface area (TPSA) is 215 Å². The fourth-order valence-corrected chi connectivity index (χ4v) is 12.9. The summed E-state index contributed by atoms with van der Waals surface area (Å²) in [5, 5.41) is 37.9. The van der Waals surface area contributed by atoms with Gasteiger partial charge in [0.05, 0.1) is 52.0 Å². The van der Waals surface area contributed by atoms with Gasteiger partial charge in [0.25, 0.3) is 5.79 Å². The number of carbonyl (C=O) groups is 4. The van der Waals surface area contributed by atoms with Crippen molar-refractivity contribution >= 4 is 30.0 Å². The second-order valence-electron chi connectivity index (χ2n) is 17.3. The number of esters is 4. The van der Waals surface area contributed by atoms with Gasteiger partial charge in [0.15, 0.2) is 5.60 Å². The van der Waals surface area contributed by atoms with E-state index >= 15 is 0 Å². The van der Waals surface area contributed by atoms with Crippen molar-refractivity contribution in [3.8, 4) is 0 Å². The van der Waals surface area contributed by atoms with Crippen LogP contribution < -0.4 is 0 Å². The highest BCUT2D eigenvalue weighted by Gasteiger charge is 2.97. The maximum absolute atomic E-state index is 14.5. The van der Waals surface area contributed by atoms with Gasteiger partial charge in [-0.05, 0) is 44.9 Å². The zero-order chi connectivity index (χ0) is 41.4. The quantitative estimate of drug-likeness (QED) is 0.147. The van der Waals surface area contributed by atoms with Crippen LogP contribution in [0.15, 0.2) is 60.4 Å². The molecule has 2 bridgehead atoms. The normalized spacial score (nSPS) is 48.9. The molecule has 1 aromatic carbocycles.